The zero-order valence-electron chi connectivity index (χ0n) is 13.1. The van der Waals surface area contributed by atoms with Crippen LogP contribution in [0.1, 0.15) is 5.69 Å². The van der Waals surface area contributed by atoms with Gasteiger partial charge in [0.25, 0.3) is 11.8 Å². The molecule has 0 N–H and O–H groups in total. The van der Waals surface area contributed by atoms with E-state index in [2.05, 4.69) is 15.9 Å². The number of carbonyl (C=O) groups excluding carboxylic acids is 2. The lowest BCUT2D eigenvalue weighted by Crippen LogP contribution is -2.52. The first kappa shape index (κ1) is 16.6. The zero-order chi connectivity index (χ0) is 17.4. The molecule has 5 nitrogen and oxygen atoms in total. The highest BCUT2D eigenvalue weighted by Gasteiger charge is 2.35. The van der Waals surface area contributed by atoms with Gasteiger partial charge in [-0.1, -0.05) is 15.9 Å². The Morgan fingerprint density at radius 3 is 2.17 bits per heavy atom. The third kappa shape index (κ3) is 2.81. The molecule has 0 atom stereocenters. The number of benzene rings is 1. The van der Waals surface area contributed by atoms with E-state index in [4.69, 9.17) is 12.2 Å². The maximum absolute atomic E-state index is 12.4. The van der Waals surface area contributed by atoms with Crippen molar-refractivity contribution in [1.29, 1.82) is 0 Å². The smallest absolute Gasteiger partial charge is 0.265 e. The van der Waals surface area contributed by atoms with Gasteiger partial charge in [0, 0.05) is 36.1 Å². The first-order valence-corrected chi connectivity index (χ1v) is 8.35. The van der Waals surface area contributed by atoms with Gasteiger partial charge in [0.2, 0.25) is 0 Å². The summed E-state index contributed by atoms with van der Waals surface area (Å²) in [5.41, 5.74) is 1.76. The molecule has 0 saturated carbocycles. The molecule has 1 aromatic heterocycles. The van der Waals surface area contributed by atoms with Crippen LogP contribution in [0.25, 0.3) is 11.8 Å². The molecule has 1 aliphatic rings. The average molecular weight is 404 g/mol. The molecule has 2 heterocycles. The van der Waals surface area contributed by atoms with E-state index in [0.717, 1.165) is 15.9 Å². The van der Waals surface area contributed by atoms with E-state index < -0.39 is 11.8 Å². The highest BCUT2D eigenvalue weighted by atomic mass is 79.9. The number of nitrogens with zero attached hydrogens (tertiary/aromatic N) is 3. The Balaban J connectivity index is 2.05. The van der Waals surface area contributed by atoms with Gasteiger partial charge < -0.3 is 4.57 Å². The molecule has 122 valence electrons. The van der Waals surface area contributed by atoms with Crippen LogP contribution in [-0.4, -0.2) is 45.4 Å². The average Bonchev–Trinajstić information content (AvgIpc) is 3.04. The Morgan fingerprint density at radius 1 is 1.00 bits per heavy atom. The number of carbonyl (C=O) groups is 2. The Labute approximate surface area is 153 Å². The van der Waals surface area contributed by atoms with Crippen molar-refractivity contribution in [3.8, 4) is 5.69 Å². The van der Waals surface area contributed by atoms with Crippen molar-refractivity contribution in [1.82, 2.24) is 14.4 Å². The van der Waals surface area contributed by atoms with Crippen molar-refractivity contribution in [2.24, 2.45) is 0 Å². The topological polar surface area (TPSA) is 45.6 Å². The van der Waals surface area contributed by atoms with Gasteiger partial charge in [0.05, 0.1) is 0 Å². The largest absolute Gasteiger partial charge is 0.317 e. The van der Waals surface area contributed by atoms with Crippen LogP contribution in [0.3, 0.4) is 0 Å². The van der Waals surface area contributed by atoms with E-state index in [0.29, 0.717) is 0 Å². The number of likely N-dealkylation sites (N-methyl/N-ethyl adjacent to an activating group) is 2. The van der Waals surface area contributed by atoms with Crippen LogP contribution in [0.15, 0.2) is 52.6 Å². The van der Waals surface area contributed by atoms with Crippen molar-refractivity contribution in [3.63, 3.8) is 0 Å². The lowest BCUT2D eigenvalue weighted by atomic mass is 10.1. The predicted octanol–water partition coefficient (Wildman–Crippen LogP) is 2.84. The van der Waals surface area contributed by atoms with E-state index in [1.165, 1.54) is 9.80 Å². The molecule has 0 radical (unpaired) electrons. The Bertz CT molecular complexity index is 844. The van der Waals surface area contributed by atoms with Gasteiger partial charge in [-0.3, -0.25) is 19.4 Å². The maximum Gasteiger partial charge on any atom is 0.265 e. The van der Waals surface area contributed by atoms with Crippen LogP contribution in [-0.2, 0) is 9.59 Å². The summed E-state index contributed by atoms with van der Waals surface area (Å²) in [7, 11) is 3.13. The van der Waals surface area contributed by atoms with Crippen molar-refractivity contribution in [3.05, 3.63) is 58.3 Å². The molecule has 1 fully saturated rings. The van der Waals surface area contributed by atoms with Crippen LogP contribution in [0.2, 0.25) is 0 Å². The second-order valence-corrected chi connectivity index (χ2v) is 6.63. The van der Waals surface area contributed by atoms with Crippen LogP contribution >= 0.6 is 28.1 Å². The second-order valence-electron chi connectivity index (χ2n) is 5.35. The fourth-order valence-electron chi connectivity index (χ4n) is 2.47. The molecule has 1 aliphatic heterocycles. The SMILES string of the molecule is CN1C(=O)C(=Cc2cccn2-c2ccc(Br)cc2)C(=O)N(C)C1=S. The summed E-state index contributed by atoms with van der Waals surface area (Å²) in [5, 5.41) is 0.199. The van der Waals surface area contributed by atoms with Crippen molar-refractivity contribution in [2.75, 3.05) is 14.1 Å². The minimum Gasteiger partial charge on any atom is -0.317 e. The van der Waals surface area contributed by atoms with E-state index in [1.54, 1.807) is 20.2 Å². The van der Waals surface area contributed by atoms with Crippen molar-refractivity contribution >= 4 is 51.2 Å². The summed E-state index contributed by atoms with van der Waals surface area (Å²) in [5.74, 6) is -0.793. The fourth-order valence-corrected chi connectivity index (χ4v) is 2.90. The minimum atomic E-state index is -0.397. The maximum atomic E-state index is 12.4. The number of aromatic nitrogens is 1. The molecular weight excluding hydrogens is 390 g/mol. The minimum absolute atomic E-state index is 0.0886. The molecule has 2 amide bonds. The standard InChI is InChI=1S/C17H14BrN3O2S/c1-19-15(22)14(16(23)20(2)17(19)24)10-13-4-3-9-21(13)12-7-5-11(18)6-8-12/h3-10H,1-2H3. The van der Waals surface area contributed by atoms with Gasteiger partial charge in [-0.15, -0.1) is 0 Å². The summed E-state index contributed by atoms with van der Waals surface area (Å²) in [6.07, 6.45) is 3.48. The summed E-state index contributed by atoms with van der Waals surface area (Å²) in [6, 6.07) is 11.5. The predicted molar refractivity (Wildman–Crippen MR) is 99.6 cm³/mol. The molecule has 0 bridgehead atoms. The van der Waals surface area contributed by atoms with Gasteiger partial charge >= 0.3 is 0 Å². The van der Waals surface area contributed by atoms with Crippen molar-refractivity contribution < 1.29 is 9.59 Å². The summed E-state index contributed by atoms with van der Waals surface area (Å²) < 4.78 is 2.89. The number of halogens is 1. The first-order valence-electron chi connectivity index (χ1n) is 7.15. The molecular formula is C17H14BrN3O2S. The quantitative estimate of drug-likeness (QED) is 0.439. The monoisotopic (exact) mass is 403 g/mol. The van der Waals surface area contributed by atoms with Crippen LogP contribution < -0.4 is 0 Å². The molecule has 1 aromatic carbocycles. The summed E-state index contributed by atoms with van der Waals surface area (Å²) in [4.78, 5) is 27.4. The third-order valence-electron chi connectivity index (χ3n) is 3.82. The molecule has 0 aliphatic carbocycles. The number of hydrogen-bond donors (Lipinski definition) is 0. The van der Waals surface area contributed by atoms with Gasteiger partial charge in [-0.2, -0.15) is 0 Å². The Hall–Kier alpha value is -2.25. The lowest BCUT2D eigenvalue weighted by Gasteiger charge is -2.31. The normalized spacial score (nSPS) is 15.3. The van der Waals surface area contributed by atoms with Gasteiger partial charge in [0.15, 0.2) is 5.11 Å². The van der Waals surface area contributed by atoms with Gasteiger partial charge in [0.1, 0.15) is 5.57 Å². The number of rotatable bonds is 2. The Morgan fingerprint density at radius 2 is 1.58 bits per heavy atom. The molecule has 1 saturated heterocycles. The van der Waals surface area contributed by atoms with Crippen LogP contribution in [0, 0.1) is 0 Å². The zero-order valence-corrected chi connectivity index (χ0v) is 15.5. The lowest BCUT2D eigenvalue weighted by molar-refractivity contribution is -0.132. The molecule has 0 spiro atoms. The number of amides is 2. The summed E-state index contributed by atoms with van der Waals surface area (Å²) in [6.45, 7) is 0. The van der Waals surface area contributed by atoms with E-state index >= 15 is 0 Å². The van der Waals surface area contributed by atoms with E-state index in [9.17, 15) is 9.59 Å². The molecule has 0 unspecified atom stereocenters. The number of thiocarbonyl (C=S) groups is 1. The van der Waals surface area contributed by atoms with Gasteiger partial charge in [-0.25, -0.2) is 0 Å². The molecule has 7 heteroatoms. The third-order valence-corrected chi connectivity index (χ3v) is 4.90. The first-order chi connectivity index (χ1) is 11.4. The van der Waals surface area contributed by atoms with E-state index in [1.807, 2.05) is 47.2 Å². The van der Waals surface area contributed by atoms with E-state index in [-0.39, 0.29) is 10.7 Å². The second kappa shape index (κ2) is 6.33. The van der Waals surface area contributed by atoms with Crippen LogP contribution in [0.4, 0.5) is 0 Å². The van der Waals surface area contributed by atoms with Crippen LogP contribution in [0.5, 0.6) is 0 Å². The summed E-state index contributed by atoms with van der Waals surface area (Å²) >= 11 is 8.50. The highest BCUT2D eigenvalue weighted by molar-refractivity contribution is 9.10. The van der Waals surface area contributed by atoms with Gasteiger partial charge in [-0.05, 0) is 54.7 Å². The highest BCUT2D eigenvalue weighted by Crippen LogP contribution is 2.21. The fraction of sp³-hybridized carbons (Fsp3) is 0.118. The Kier molecular flexibility index (Phi) is 4.38. The molecule has 24 heavy (non-hydrogen) atoms. The molecule has 3 rings (SSSR count). The molecule has 2 aromatic rings. The number of hydrogen-bond acceptors (Lipinski definition) is 3. The van der Waals surface area contributed by atoms with Crippen molar-refractivity contribution in [2.45, 2.75) is 0 Å².